The molecule has 0 aliphatic carbocycles. The maximum absolute atomic E-state index is 13.5. The number of nitrogens with one attached hydrogen (secondary N) is 2. The third kappa shape index (κ3) is 5.56. The standard InChI is InChI=1S/C19H24F3N3O/c1-4-6-16(5-2)26-24-15-7-8-18(17(13-15)19(20,21)22)23-14-9-11-25(3)12-10-14/h4-8,13-14,23-24H,1-2,9-12H2,3H3/b16-6+. The van der Waals surface area contributed by atoms with Crippen LogP contribution in [0.3, 0.4) is 0 Å². The molecule has 0 atom stereocenters. The number of benzene rings is 1. The molecule has 0 aromatic heterocycles. The lowest BCUT2D eigenvalue weighted by atomic mass is 10.0. The van der Waals surface area contributed by atoms with Crippen LogP contribution in [0, 0.1) is 0 Å². The van der Waals surface area contributed by atoms with Crippen LogP contribution in [-0.2, 0) is 11.0 Å². The lowest BCUT2D eigenvalue weighted by Gasteiger charge is -2.31. The minimum absolute atomic E-state index is 0.0326. The predicted molar refractivity (Wildman–Crippen MR) is 98.8 cm³/mol. The molecule has 1 fully saturated rings. The van der Waals surface area contributed by atoms with E-state index in [9.17, 15) is 13.2 Å². The molecule has 4 nitrogen and oxygen atoms in total. The van der Waals surface area contributed by atoms with Crippen LogP contribution in [0.2, 0.25) is 0 Å². The molecule has 142 valence electrons. The molecule has 1 saturated heterocycles. The third-order valence-corrected chi connectivity index (χ3v) is 4.17. The molecular weight excluding hydrogens is 343 g/mol. The van der Waals surface area contributed by atoms with Crippen molar-refractivity contribution in [2.45, 2.75) is 25.1 Å². The number of likely N-dealkylation sites (tertiary alicyclic amines) is 1. The number of hydrogen-bond acceptors (Lipinski definition) is 4. The summed E-state index contributed by atoms with van der Waals surface area (Å²) in [5.41, 5.74) is 2.07. The molecule has 0 unspecified atom stereocenters. The van der Waals surface area contributed by atoms with Crippen molar-refractivity contribution in [3.63, 3.8) is 0 Å². The summed E-state index contributed by atoms with van der Waals surface area (Å²) in [7, 11) is 2.01. The molecule has 1 aromatic rings. The Labute approximate surface area is 152 Å². The number of halogens is 3. The Morgan fingerprint density at radius 3 is 2.54 bits per heavy atom. The van der Waals surface area contributed by atoms with Gasteiger partial charge in [-0.25, -0.2) is 5.48 Å². The zero-order valence-corrected chi connectivity index (χ0v) is 14.8. The average molecular weight is 367 g/mol. The van der Waals surface area contributed by atoms with Crippen LogP contribution in [0.4, 0.5) is 24.5 Å². The topological polar surface area (TPSA) is 36.5 Å². The van der Waals surface area contributed by atoms with Gasteiger partial charge in [0.25, 0.3) is 0 Å². The first kappa shape index (κ1) is 19.9. The molecule has 1 aliphatic rings. The van der Waals surface area contributed by atoms with Crippen LogP contribution in [0.5, 0.6) is 0 Å². The highest BCUT2D eigenvalue weighted by atomic mass is 19.4. The van der Waals surface area contributed by atoms with Crippen molar-refractivity contribution in [3.8, 4) is 0 Å². The van der Waals surface area contributed by atoms with Gasteiger partial charge in [-0.3, -0.25) is 0 Å². The summed E-state index contributed by atoms with van der Waals surface area (Å²) in [6.45, 7) is 8.82. The van der Waals surface area contributed by atoms with E-state index in [1.165, 1.54) is 18.2 Å². The molecule has 1 heterocycles. The molecule has 1 aromatic carbocycles. The Bertz CT molecular complexity index is 662. The first-order valence-corrected chi connectivity index (χ1v) is 8.38. The number of piperidine rings is 1. The molecule has 0 bridgehead atoms. The first-order valence-electron chi connectivity index (χ1n) is 8.38. The molecule has 0 amide bonds. The molecule has 0 saturated carbocycles. The number of alkyl halides is 3. The molecule has 1 aliphatic heterocycles. The van der Waals surface area contributed by atoms with Crippen molar-refractivity contribution in [2.24, 2.45) is 0 Å². The van der Waals surface area contributed by atoms with Crippen LogP contribution in [0.25, 0.3) is 0 Å². The highest BCUT2D eigenvalue weighted by Gasteiger charge is 2.34. The van der Waals surface area contributed by atoms with Gasteiger partial charge in [0.2, 0.25) is 0 Å². The molecular formula is C19H24F3N3O. The van der Waals surface area contributed by atoms with Crippen molar-refractivity contribution in [1.29, 1.82) is 0 Å². The second-order valence-corrected chi connectivity index (χ2v) is 6.19. The number of anilines is 2. The second kappa shape index (κ2) is 8.80. The van der Waals surface area contributed by atoms with Crippen LogP contribution < -0.4 is 10.8 Å². The fraction of sp³-hybridized carbons (Fsp3) is 0.368. The van der Waals surface area contributed by atoms with Crippen LogP contribution >= 0.6 is 0 Å². The van der Waals surface area contributed by atoms with Gasteiger partial charge in [0.05, 0.1) is 11.3 Å². The van der Waals surface area contributed by atoms with Gasteiger partial charge < -0.3 is 15.1 Å². The van der Waals surface area contributed by atoms with E-state index in [1.807, 2.05) is 7.05 Å². The monoisotopic (exact) mass is 367 g/mol. The van der Waals surface area contributed by atoms with Gasteiger partial charge in [0.15, 0.2) is 5.76 Å². The minimum atomic E-state index is -4.47. The van der Waals surface area contributed by atoms with Crippen molar-refractivity contribution >= 4 is 11.4 Å². The van der Waals surface area contributed by atoms with Gasteiger partial charge in [-0.15, -0.1) is 0 Å². The first-order chi connectivity index (χ1) is 12.3. The van der Waals surface area contributed by atoms with Crippen molar-refractivity contribution in [1.82, 2.24) is 4.90 Å². The van der Waals surface area contributed by atoms with Gasteiger partial charge in [-0.05, 0) is 63.3 Å². The third-order valence-electron chi connectivity index (χ3n) is 4.17. The number of rotatable bonds is 7. The minimum Gasteiger partial charge on any atom is -0.382 e. The summed E-state index contributed by atoms with van der Waals surface area (Å²) in [6.07, 6.45) is 1.62. The van der Waals surface area contributed by atoms with E-state index in [0.29, 0.717) is 5.76 Å². The van der Waals surface area contributed by atoms with E-state index in [4.69, 9.17) is 4.84 Å². The molecule has 2 rings (SSSR count). The number of nitrogens with zero attached hydrogens (tertiary/aromatic N) is 1. The smallest absolute Gasteiger partial charge is 0.382 e. The van der Waals surface area contributed by atoms with Gasteiger partial charge in [0.1, 0.15) is 0 Å². The number of allylic oxidation sites excluding steroid dienone is 3. The zero-order valence-electron chi connectivity index (χ0n) is 14.8. The van der Waals surface area contributed by atoms with Gasteiger partial charge in [0, 0.05) is 11.7 Å². The van der Waals surface area contributed by atoms with E-state index < -0.39 is 11.7 Å². The van der Waals surface area contributed by atoms with E-state index >= 15 is 0 Å². The zero-order chi connectivity index (χ0) is 19.2. The van der Waals surface area contributed by atoms with E-state index in [-0.39, 0.29) is 17.4 Å². The summed E-state index contributed by atoms with van der Waals surface area (Å²) in [6, 6.07) is 4.04. The maximum Gasteiger partial charge on any atom is 0.418 e. The largest absolute Gasteiger partial charge is 0.418 e. The Kier molecular flexibility index (Phi) is 6.74. The second-order valence-electron chi connectivity index (χ2n) is 6.19. The molecule has 26 heavy (non-hydrogen) atoms. The molecule has 7 heteroatoms. The SMILES string of the molecule is C=C/C=C(\C=C)ONc1ccc(NC2CCN(C)CC2)c(C(F)(F)F)c1. The molecule has 2 N–H and O–H groups in total. The fourth-order valence-electron chi connectivity index (χ4n) is 2.72. The highest BCUT2D eigenvalue weighted by Crippen LogP contribution is 2.37. The lowest BCUT2D eigenvalue weighted by Crippen LogP contribution is -2.37. The van der Waals surface area contributed by atoms with E-state index in [2.05, 4.69) is 28.9 Å². The average Bonchev–Trinajstić information content (AvgIpc) is 2.60. The Morgan fingerprint density at radius 2 is 1.96 bits per heavy atom. The van der Waals surface area contributed by atoms with Gasteiger partial charge in [-0.2, -0.15) is 13.2 Å². The quantitative estimate of drug-likeness (QED) is 0.412. The fourth-order valence-corrected chi connectivity index (χ4v) is 2.72. The van der Waals surface area contributed by atoms with Crippen LogP contribution in [-0.4, -0.2) is 31.1 Å². The number of hydrogen-bond donors (Lipinski definition) is 2. The molecule has 0 radical (unpaired) electrons. The van der Waals surface area contributed by atoms with Crippen molar-refractivity contribution < 1.29 is 18.0 Å². The normalized spacial score (nSPS) is 16.8. The van der Waals surface area contributed by atoms with E-state index in [1.54, 1.807) is 12.1 Å². The summed E-state index contributed by atoms with van der Waals surface area (Å²) in [5.74, 6) is 0.349. The summed E-state index contributed by atoms with van der Waals surface area (Å²) < 4.78 is 40.4. The summed E-state index contributed by atoms with van der Waals surface area (Å²) in [5, 5.41) is 3.04. The Hall–Kier alpha value is -2.41. The Morgan fingerprint density at radius 1 is 1.27 bits per heavy atom. The summed E-state index contributed by atoms with van der Waals surface area (Å²) in [4.78, 5) is 7.38. The van der Waals surface area contributed by atoms with Crippen molar-refractivity contribution in [2.75, 3.05) is 30.9 Å². The van der Waals surface area contributed by atoms with Gasteiger partial charge >= 0.3 is 6.18 Å². The Balaban J connectivity index is 2.15. The summed E-state index contributed by atoms with van der Waals surface area (Å²) >= 11 is 0. The highest BCUT2D eigenvalue weighted by molar-refractivity contribution is 5.60. The molecule has 0 spiro atoms. The predicted octanol–water partition coefficient (Wildman–Crippen LogP) is 4.81. The van der Waals surface area contributed by atoms with Crippen molar-refractivity contribution in [3.05, 3.63) is 60.9 Å². The van der Waals surface area contributed by atoms with E-state index in [0.717, 1.165) is 32.0 Å². The maximum atomic E-state index is 13.5. The van der Waals surface area contributed by atoms with Crippen LogP contribution in [0.15, 0.2) is 55.3 Å². The lowest BCUT2D eigenvalue weighted by molar-refractivity contribution is -0.136. The van der Waals surface area contributed by atoms with Crippen LogP contribution in [0.1, 0.15) is 18.4 Å². The van der Waals surface area contributed by atoms with Gasteiger partial charge in [-0.1, -0.05) is 19.2 Å².